The fraction of sp³-hybridized carbons (Fsp3) is 0.881. The van der Waals surface area contributed by atoms with Crippen molar-refractivity contribution >= 4 is 42.1 Å². The molecule has 0 aromatic heterocycles. The lowest BCUT2D eigenvalue weighted by atomic mass is 9.96. The molecular weight excluding hydrogens is 917 g/mol. The van der Waals surface area contributed by atoms with Crippen molar-refractivity contribution in [3.63, 3.8) is 0 Å². The summed E-state index contributed by atoms with van der Waals surface area (Å²) in [4.78, 5) is 82.5. The first kappa shape index (κ1) is 72.7. The van der Waals surface area contributed by atoms with E-state index in [1.165, 1.54) is 104 Å². The number of esters is 5. The molecule has 0 N–H and O–H groups in total. The highest BCUT2D eigenvalue weighted by Gasteiger charge is 2.29. The Hall–Kier alpha value is -3.51. The summed E-state index contributed by atoms with van der Waals surface area (Å²) < 4.78 is 32.4. The molecule has 0 aromatic carbocycles. The molecule has 0 bridgehead atoms. The molecular formula is C59H110O13. The van der Waals surface area contributed by atoms with Gasteiger partial charge in [0.1, 0.15) is 18.0 Å². The smallest absolute Gasteiger partial charge is 0.306 e. The van der Waals surface area contributed by atoms with Crippen molar-refractivity contribution in [1.29, 1.82) is 0 Å². The van der Waals surface area contributed by atoms with Crippen molar-refractivity contribution in [2.45, 2.75) is 293 Å². The summed E-state index contributed by atoms with van der Waals surface area (Å²) in [6, 6.07) is 0. The molecule has 13 heteroatoms. The predicted octanol–water partition coefficient (Wildman–Crippen LogP) is 15.1. The van der Waals surface area contributed by atoms with Gasteiger partial charge in [-0.15, -0.1) is 0 Å². The van der Waals surface area contributed by atoms with Crippen LogP contribution in [-0.4, -0.2) is 80.7 Å². The Bertz CT molecular complexity index is 1240. The van der Waals surface area contributed by atoms with E-state index in [0.717, 1.165) is 77.0 Å². The average molecular weight is 1030 g/mol. The average Bonchev–Trinajstić information content (AvgIpc) is 3.34. The summed E-state index contributed by atoms with van der Waals surface area (Å²) in [6.45, 7) is 21.9. The maximum Gasteiger partial charge on any atom is 0.306 e. The maximum atomic E-state index is 13.0. The molecule has 0 aliphatic rings. The molecule has 0 aliphatic carbocycles. The van der Waals surface area contributed by atoms with Gasteiger partial charge in [-0.3, -0.25) is 28.8 Å². The van der Waals surface area contributed by atoms with Gasteiger partial charge in [-0.2, -0.15) is 0 Å². The molecule has 0 saturated heterocycles. The minimum atomic E-state index is -0.596. The lowest BCUT2D eigenvalue weighted by Gasteiger charge is -2.27. The predicted molar refractivity (Wildman–Crippen MR) is 289 cm³/mol. The van der Waals surface area contributed by atoms with Gasteiger partial charge in [0, 0.05) is 32.1 Å². The third-order valence-corrected chi connectivity index (χ3v) is 12.6. The first-order chi connectivity index (χ1) is 34.7. The van der Waals surface area contributed by atoms with Crippen molar-refractivity contribution in [2.24, 2.45) is 17.8 Å². The third kappa shape index (κ3) is 52.8. The number of unbranched alkanes of at least 4 members (excludes halogenated alkanes) is 20. The standard InChI is InChI=1S/C33H60O8.C23H44O4.C3H6O/c1-6-10-12-14-16-18-20-38-31(35)23-28(24-32(36)39-21-19-17-15-13-11-7-2)25-33(37)41-29(9-4)30(40-26-34)22-27(5)8-3;1-4-7-9-11-13-15-17-26-22(24)19-21(6-3)20-23(25)27-18-16-14-12-10-8-5-2;1-3(2)4/h26-30H,6-25H2,1-5H3;21H,4-20H2,1-3H3;1-2H3. The van der Waals surface area contributed by atoms with Crippen molar-refractivity contribution in [1.82, 2.24) is 0 Å². The molecule has 13 nitrogen and oxygen atoms in total. The van der Waals surface area contributed by atoms with Crippen LogP contribution < -0.4 is 0 Å². The van der Waals surface area contributed by atoms with E-state index in [2.05, 4.69) is 41.5 Å². The molecule has 3 unspecified atom stereocenters. The van der Waals surface area contributed by atoms with Gasteiger partial charge in [0.05, 0.1) is 26.4 Å². The molecule has 0 radical (unpaired) electrons. The normalized spacial score (nSPS) is 12.1. The van der Waals surface area contributed by atoms with Gasteiger partial charge in [0.2, 0.25) is 0 Å². The Labute approximate surface area is 440 Å². The van der Waals surface area contributed by atoms with Crippen LogP contribution in [0.25, 0.3) is 0 Å². The number of carbonyl (C=O) groups excluding carboxylic acids is 7. The summed E-state index contributed by atoms with van der Waals surface area (Å²) >= 11 is 0. The minimum absolute atomic E-state index is 0.0270. The molecule has 0 spiro atoms. The third-order valence-electron chi connectivity index (χ3n) is 12.6. The number of carbonyl (C=O) groups is 7. The second-order valence-corrected chi connectivity index (χ2v) is 20.0. The van der Waals surface area contributed by atoms with E-state index in [1.54, 1.807) is 0 Å². The summed E-state index contributed by atoms with van der Waals surface area (Å²) in [5.41, 5.74) is 0. The minimum Gasteiger partial charge on any atom is -0.466 e. The largest absolute Gasteiger partial charge is 0.466 e. The SMILES string of the molecule is CC(C)=O.CCCCCCCCOC(=O)CC(CC(=O)OCCCCCCCC)CC(=O)OC(CC)C(CC(C)CC)OC=O.CCCCCCCCOC(=O)CC(CC)CC(=O)OCCCCCCCC. The van der Waals surface area contributed by atoms with Gasteiger partial charge >= 0.3 is 29.8 Å². The molecule has 0 amide bonds. The molecule has 0 saturated carbocycles. The Balaban J connectivity index is -0.00000132. The van der Waals surface area contributed by atoms with Crippen LogP contribution in [0.5, 0.6) is 0 Å². The molecule has 0 rings (SSSR count). The topological polar surface area (TPSA) is 175 Å². The van der Waals surface area contributed by atoms with E-state index in [1.807, 2.05) is 13.8 Å². The second kappa shape index (κ2) is 55.2. The number of Topliss-reactive ketones (excluding diaryl/α,β-unsaturated/α-hetero) is 1. The molecule has 3 atom stereocenters. The van der Waals surface area contributed by atoms with Crippen LogP contribution in [0.2, 0.25) is 0 Å². The molecule has 0 aromatic rings. The monoisotopic (exact) mass is 1030 g/mol. The van der Waals surface area contributed by atoms with Crippen LogP contribution in [0.1, 0.15) is 281 Å². The van der Waals surface area contributed by atoms with Gasteiger partial charge < -0.3 is 33.2 Å². The van der Waals surface area contributed by atoms with Crippen molar-refractivity contribution in [2.75, 3.05) is 26.4 Å². The van der Waals surface area contributed by atoms with Crippen molar-refractivity contribution in [3.05, 3.63) is 0 Å². The van der Waals surface area contributed by atoms with Gasteiger partial charge in [0.25, 0.3) is 6.47 Å². The van der Waals surface area contributed by atoms with Crippen LogP contribution >= 0.6 is 0 Å². The fourth-order valence-corrected chi connectivity index (χ4v) is 7.83. The van der Waals surface area contributed by atoms with E-state index in [0.29, 0.717) is 64.5 Å². The van der Waals surface area contributed by atoms with E-state index >= 15 is 0 Å². The highest BCUT2D eigenvalue weighted by molar-refractivity contribution is 5.76. The number of ketones is 1. The zero-order chi connectivity index (χ0) is 54.5. The Morgan fingerprint density at radius 1 is 0.375 bits per heavy atom. The molecule has 0 aliphatic heterocycles. The van der Waals surface area contributed by atoms with Gasteiger partial charge in [-0.1, -0.05) is 197 Å². The summed E-state index contributed by atoms with van der Waals surface area (Å²) in [5.74, 6) is -1.84. The van der Waals surface area contributed by atoms with Crippen LogP contribution in [0, 0.1) is 17.8 Å². The zero-order valence-electron chi connectivity index (χ0n) is 47.9. The van der Waals surface area contributed by atoms with E-state index in [-0.39, 0.29) is 42.9 Å². The highest BCUT2D eigenvalue weighted by atomic mass is 16.6. The van der Waals surface area contributed by atoms with Crippen molar-refractivity contribution in [3.8, 4) is 0 Å². The number of ether oxygens (including phenoxy) is 6. The molecule has 424 valence electrons. The van der Waals surface area contributed by atoms with Gasteiger partial charge in [0.15, 0.2) is 0 Å². The Morgan fingerprint density at radius 3 is 0.944 bits per heavy atom. The second-order valence-electron chi connectivity index (χ2n) is 20.0. The number of hydrogen-bond acceptors (Lipinski definition) is 13. The van der Waals surface area contributed by atoms with Gasteiger partial charge in [-0.05, 0) is 70.1 Å². The number of rotatable bonds is 47. The Morgan fingerprint density at radius 2 is 0.667 bits per heavy atom. The van der Waals surface area contributed by atoms with Crippen molar-refractivity contribution < 1.29 is 62.0 Å². The Kier molecular flexibility index (Phi) is 55.8. The van der Waals surface area contributed by atoms with Crippen LogP contribution in [-0.2, 0) is 62.0 Å². The lowest BCUT2D eigenvalue weighted by molar-refractivity contribution is -0.164. The first-order valence-corrected chi connectivity index (χ1v) is 29.1. The van der Waals surface area contributed by atoms with E-state index in [4.69, 9.17) is 28.4 Å². The summed E-state index contributed by atoms with van der Waals surface area (Å²) in [7, 11) is 0. The molecule has 0 heterocycles. The zero-order valence-corrected chi connectivity index (χ0v) is 47.9. The molecule has 0 fully saturated rings. The van der Waals surface area contributed by atoms with E-state index in [9.17, 15) is 33.6 Å². The fourth-order valence-electron chi connectivity index (χ4n) is 7.83. The summed E-state index contributed by atoms with van der Waals surface area (Å²) in [6.07, 6.45) is 29.2. The number of hydrogen-bond donors (Lipinski definition) is 0. The van der Waals surface area contributed by atoms with Gasteiger partial charge in [-0.25, -0.2) is 0 Å². The van der Waals surface area contributed by atoms with Crippen LogP contribution in [0.3, 0.4) is 0 Å². The van der Waals surface area contributed by atoms with Crippen LogP contribution in [0.15, 0.2) is 0 Å². The lowest BCUT2D eigenvalue weighted by Crippen LogP contribution is -2.35. The molecule has 72 heavy (non-hydrogen) atoms. The maximum absolute atomic E-state index is 13.0. The highest BCUT2D eigenvalue weighted by Crippen LogP contribution is 2.23. The summed E-state index contributed by atoms with van der Waals surface area (Å²) in [5, 5.41) is 0. The first-order valence-electron chi connectivity index (χ1n) is 29.1. The van der Waals surface area contributed by atoms with Crippen LogP contribution in [0.4, 0.5) is 0 Å². The quantitative estimate of drug-likeness (QED) is 0.0244. The van der Waals surface area contributed by atoms with E-state index < -0.39 is 36.0 Å².